The van der Waals surface area contributed by atoms with Gasteiger partial charge in [-0.05, 0) is 134 Å². The first-order chi connectivity index (χ1) is 27.6. The minimum absolute atomic E-state index is 0.195. The van der Waals surface area contributed by atoms with Gasteiger partial charge in [-0.3, -0.25) is 9.59 Å². The molecule has 3 nitrogen and oxygen atoms in total. The van der Waals surface area contributed by atoms with Crippen molar-refractivity contribution in [2.45, 2.75) is 168 Å². The summed E-state index contributed by atoms with van der Waals surface area (Å²) in [5.74, 6) is -0.684. The fraction of sp³-hybridized carbons (Fsp3) is 0.708. The SMILES string of the molecule is CCCC1CCC(C2CCCCC2CCc2ccc(BC(=O)OC(=O)Bc3ccc(CCC4CCCCC4C4CCC(CCC)CC4)c(F)c3F)c(F)c2F)CC1. The van der Waals surface area contributed by atoms with E-state index in [2.05, 4.69) is 13.8 Å². The van der Waals surface area contributed by atoms with Gasteiger partial charge in [0.2, 0.25) is 0 Å². The number of benzene rings is 2. The molecule has 0 heterocycles. The molecule has 57 heavy (non-hydrogen) atoms. The minimum atomic E-state index is -1.10. The fourth-order valence-electron chi connectivity index (χ4n) is 12.2. The molecular formula is C48H68B2F4O3. The second kappa shape index (κ2) is 21.6. The lowest BCUT2D eigenvalue weighted by Gasteiger charge is -2.41. The highest BCUT2D eigenvalue weighted by molar-refractivity contribution is 6.87. The van der Waals surface area contributed by atoms with Crippen LogP contribution in [0.4, 0.5) is 27.2 Å². The highest BCUT2D eigenvalue weighted by Gasteiger charge is 2.36. The van der Waals surface area contributed by atoms with Crippen molar-refractivity contribution in [1.82, 2.24) is 0 Å². The molecule has 6 rings (SSSR count). The van der Waals surface area contributed by atoms with Gasteiger partial charge in [0, 0.05) is 0 Å². The second-order valence-electron chi connectivity index (χ2n) is 18.9. The van der Waals surface area contributed by atoms with Crippen LogP contribution in [0, 0.1) is 70.6 Å². The fourth-order valence-corrected chi connectivity index (χ4v) is 12.2. The summed E-state index contributed by atoms with van der Waals surface area (Å²) in [6.45, 7) is 4.53. The summed E-state index contributed by atoms with van der Waals surface area (Å²) < 4.78 is 66.0. The largest absolute Gasteiger partial charge is 0.410 e. The maximum absolute atomic E-state index is 15.3. The Labute approximate surface area is 342 Å². The molecule has 0 radical (unpaired) electrons. The van der Waals surface area contributed by atoms with Crippen molar-refractivity contribution in [1.29, 1.82) is 0 Å². The van der Waals surface area contributed by atoms with Gasteiger partial charge in [-0.15, -0.1) is 0 Å². The molecule has 0 aromatic heterocycles. The quantitative estimate of drug-likeness (QED) is 0.0966. The number of rotatable bonds is 16. The lowest BCUT2D eigenvalue weighted by molar-refractivity contribution is 0.105. The third-order valence-corrected chi connectivity index (χ3v) is 15.3. The molecule has 4 fully saturated rings. The molecule has 2 aromatic rings. The van der Waals surface area contributed by atoms with Gasteiger partial charge in [0.1, 0.15) is 0 Å². The van der Waals surface area contributed by atoms with E-state index in [1.54, 1.807) is 12.1 Å². The highest BCUT2D eigenvalue weighted by atomic mass is 19.2. The molecule has 0 aliphatic heterocycles. The third kappa shape index (κ3) is 11.8. The molecule has 0 amide bonds. The van der Waals surface area contributed by atoms with E-state index in [-0.39, 0.29) is 10.9 Å². The first-order valence-electron chi connectivity index (χ1n) is 23.3. The van der Waals surface area contributed by atoms with Crippen LogP contribution >= 0.6 is 0 Å². The van der Waals surface area contributed by atoms with Gasteiger partial charge in [-0.25, -0.2) is 17.6 Å². The summed E-state index contributed by atoms with van der Waals surface area (Å²) in [5.41, 5.74) is 0.223. The van der Waals surface area contributed by atoms with Crippen LogP contribution in [0.3, 0.4) is 0 Å². The minimum Gasteiger partial charge on any atom is -0.410 e. The summed E-state index contributed by atoms with van der Waals surface area (Å²) >= 11 is 0. The Kier molecular flexibility index (Phi) is 16.7. The number of aryl methyl sites for hydroxylation is 2. The first kappa shape index (κ1) is 44.0. The maximum atomic E-state index is 15.3. The van der Waals surface area contributed by atoms with Crippen LogP contribution in [-0.2, 0) is 17.6 Å². The lowest BCUT2D eigenvalue weighted by atomic mass is 9.65. The molecule has 0 spiro atoms. The standard InChI is InChI=1S/C48H68B2F4O3/c1-3-9-31-15-19-35(20-16-31)39-13-7-5-11-33(39)23-25-37-27-29-41(45(53)43(37)51)49-47(55)57-48(56)50-42-30-28-38(44(52)46(42)54)26-24-34-12-6-8-14-40(34)36-21-17-32(10-4-2)18-22-36/h27-36,39-40,49-50H,3-26H2,1-2H3. The molecule has 0 bridgehead atoms. The molecule has 4 atom stereocenters. The predicted molar refractivity (Wildman–Crippen MR) is 226 cm³/mol. The van der Waals surface area contributed by atoms with Crippen LogP contribution in [0.15, 0.2) is 24.3 Å². The van der Waals surface area contributed by atoms with Crippen molar-refractivity contribution in [3.63, 3.8) is 0 Å². The smallest absolute Gasteiger partial charge is 0.297 e. The normalized spacial score (nSPS) is 28.1. The van der Waals surface area contributed by atoms with Gasteiger partial charge >= 0.3 is 0 Å². The van der Waals surface area contributed by atoms with E-state index in [9.17, 15) is 9.59 Å². The van der Waals surface area contributed by atoms with Gasteiger partial charge < -0.3 is 4.74 Å². The molecule has 4 aliphatic rings. The van der Waals surface area contributed by atoms with Gasteiger partial charge in [0.05, 0.1) is 0 Å². The van der Waals surface area contributed by atoms with E-state index in [0.717, 1.165) is 49.4 Å². The number of carbonyl (C=O) groups excluding carboxylic acids is 2. The topological polar surface area (TPSA) is 43.4 Å². The summed E-state index contributed by atoms with van der Waals surface area (Å²) in [4.78, 5) is 25.3. The second-order valence-corrected chi connectivity index (χ2v) is 18.9. The van der Waals surface area contributed by atoms with E-state index in [4.69, 9.17) is 4.74 Å². The van der Waals surface area contributed by atoms with E-state index in [1.807, 2.05) is 0 Å². The molecule has 4 unspecified atom stereocenters. The van der Waals surface area contributed by atoms with Crippen LogP contribution in [-0.4, -0.2) is 26.3 Å². The number of carbonyl (C=O) groups is 2. The zero-order valence-corrected chi connectivity index (χ0v) is 35.0. The number of ether oxygens (including phenoxy) is 1. The van der Waals surface area contributed by atoms with Crippen LogP contribution in [0.2, 0.25) is 0 Å². The Morgan fingerprint density at radius 1 is 0.526 bits per heavy atom. The zero-order valence-electron chi connectivity index (χ0n) is 35.0. The van der Waals surface area contributed by atoms with Gasteiger partial charge in [0.25, 0.3) is 26.3 Å². The van der Waals surface area contributed by atoms with Crippen LogP contribution in [0.25, 0.3) is 0 Å². The number of halogens is 4. The molecule has 0 saturated heterocycles. The van der Waals surface area contributed by atoms with E-state index < -0.39 is 49.6 Å². The lowest BCUT2D eigenvalue weighted by Crippen LogP contribution is -2.34. The zero-order chi connectivity index (χ0) is 40.3. The van der Waals surface area contributed by atoms with Gasteiger partial charge in [-0.1, -0.05) is 128 Å². The molecule has 2 aromatic carbocycles. The molecule has 9 heteroatoms. The van der Waals surface area contributed by atoms with Gasteiger partial charge in [-0.2, -0.15) is 0 Å². The highest BCUT2D eigenvalue weighted by Crippen LogP contribution is 2.46. The average molecular weight is 791 g/mol. The first-order valence-corrected chi connectivity index (χ1v) is 23.3. The summed E-state index contributed by atoms with van der Waals surface area (Å²) in [5, 5.41) is 0. The third-order valence-electron chi connectivity index (χ3n) is 15.3. The van der Waals surface area contributed by atoms with Crippen molar-refractivity contribution < 1.29 is 31.9 Å². The molecule has 4 saturated carbocycles. The number of hydrogen-bond donors (Lipinski definition) is 0. The number of hydrogen-bond acceptors (Lipinski definition) is 3. The van der Waals surface area contributed by atoms with Crippen molar-refractivity contribution in [3.05, 3.63) is 58.7 Å². The van der Waals surface area contributed by atoms with Crippen molar-refractivity contribution in [2.75, 3.05) is 0 Å². The van der Waals surface area contributed by atoms with Crippen LogP contribution < -0.4 is 10.9 Å². The van der Waals surface area contributed by atoms with Crippen molar-refractivity contribution >= 4 is 37.2 Å². The summed E-state index contributed by atoms with van der Waals surface area (Å²) in [6.07, 6.45) is 27.8. The Bertz CT molecular complexity index is 1500. The molecular weight excluding hydrogens is 722 g/mol. The average Bonchev–Trinajstić information content (AvgIpc) is 3.22. The Balaban J connectivity index is 0.967. The van der Waals surface area contributed by atoms with Crippen LogP contribution in [0.5, 0.6) is 0 Å². The Morgan fingerprint density at radius 2 is 0.912 bits per heavy atom. The molecule has 4 aliphatic carbocycles. The Hall–Kier alpha value is -2.57. The molecule has 312 valence electrons. The summed E-state index contributed by atoms with van der Waals surface area (Å²) in [6, 6.07) is 5.88. The van der Waals surface area contributed by atoms with E-state index in [0.29, 0.717) is 47.6 Å². The van der Waals surface area contributed by atoms with E-state index >= 15 is 17.6 Å². The predicted octanol–water partition coefficient (Wildman–Crippen LogP) is 12.0. The monoisotopic (exact) mass is 791 g/mol. The maximum Gasteiger partial charge on any atom is 0.297 e. The van der Waals surface area contributed by atoms with E-state index in [1.165, 1.54) is 128 Å². The van der Waals surface area contributed by atoms with Gasteiger partial charge in [0.15, 0.2) is 23.3 Å². The van der Waals surface area contributed by atoms with Crippen molar-refractivity contribution in [2.24, 2.45) is 47.3 Å². The summed E-state index contributed by atoms with van der Waals surface area (Å²) in [7, 11) is -1.28. The molecule has 0 N–H and O–H groups in total. The van der Waals surface area contributed by atoms with Crippen molar-refractivity contribution in [3.8, 4) is 0 Å². The van der Waals surface area contributed by atoms with Crippen LogP contribution in [0.1, 0.15) is 166 Å². The Morgan fingerprint density at radius 3 is 1.30 bits per heavy atom.